The van der Waals surface area contributed by atoms with E-state index >= 15 is 0 Å². The molecule has 2 aliphatic carbocycles. The summed E-state index contributed by atoms with van der Waals surface area (Å²) in [5.74, 6) is 0. The second-order valence-corrected chi connectivity index (χ2v) is 12.0. The van der Waals surface area contributed by atoms with E-state index in [-0.39, 0.29) is 5.41 Å². The van der Waals surface area contributed by atoms with Crippen LogP contribution in [-0.4, -0.2) is 0 Å². The number of aryl methyl sites for hydroxylation is 6. The molecule has 1 N–H and O–H groups in total. The van der Waals surface area contributed by atoms with Crippen LogP contribution in [0.15, 0.2) is 60.7 Å². The minimum atomic E-state index is 0.152. The molecule has 0 fully saturated rings. The lowest BCUT2D eigenvalue weighted by atomic mass is 9.62. The molecule has 0 bridgehead atoms. The highest BCUT2D eigenvalue weighted by Crippen LogP contribution is 2.56. The third-order valence-electron chi connectivity index (χ3n) is 9.30. The summed E-state index contributed by atoms with van der Waals surface area (Å²) >= 11 is 0. The summed E-state index contributed by atoms with van der Waals surface area (Å²) in [5.41, 5.74) is 20.8. The van der Waals surface area contributed by atoms with Crippen molar-refractivity contribution in [3.05, 3.63) is 116 Å². The predicted octanol–water partition coefficient (Wildman–Crippen LogP) is 8.43. The van der Waals surface area contributed by atoms with E-state index in [9.17, 15) is 0 Å². The molecule has 186 valence electrons. The molecule has 1 nitrogen and oxygen atoms in total. The zero-order chi connectivity index (χ0) is 25.3. The van der Waals surface area contributed by atoms with E-state index in [1.807, 2.05) is 0 Å². The highest BCUT2D eigenvalue weighted by Gasteiger charge is 2.47. The minimum absolute atomic E-state index is 0.152. The van der Waals surface area contributed by atoms with Crippen molar-refractivity contribution in [1.29, 1.82) is 0 Å². The van der Waals surface area contributed by atoms with Crippen LogP contribution in [0.5, 0.6) is 0 Å². The molecule has 1 atom stereocenters. The van der Waals surface area contributed by atoms with Gasteiger partial charge >= 0.3 is 0 Å². The lowest BCUT2D eigenvalue weighted by molar-refractivity contribution is 0.412. The molecule has 0 saturated heterocycles. The van der Waals surface area contributed by atoms with Crippen LogP contribution in [0.25, 0.3) is 22.3 Å². The Morgan fingerprint density at radius 3 is 1.57 bits per heavy atom. The van der Waals surface area contributed by atoms with Crippen LogP contribution in [0.2, 0.25) is 0 Å². The second kappa shape index (κ2) is 8.43. The third-order valence-corrected chi connectivity index (χ3v) is 9.30. The van der Waals surface area contributed by atoms with Crippen molar-refractivity contribution in [2.75, 3.05) is 0 Å². The Kier molecular flexibility index (Phi) is 5.24. The van der Waals surface area contributed by atoms with Crippen molar-refractivity contribution in [3.8, 4) is 22.3 Å². The Morgan fingerprint density at radius 1 is 0.568 bits per heavy atom. The van der Waals surface area contributed by atoms with Gasteiger partial charge in [-0.15, -0.1) is 0 Å². The molecule has 0 unspecified atom stereocenters. The molecule has 1 aliphatic heterocycles. The van der Waals surface area contributed by atoms with E-state index < -0.39 is 0 Å². The van der Waals surface area contributed by atoms with Gasteiger partial charge < -0.3 is 5.32 Å². The number of nitrogens with one attached hydrogen (secondary N) is 1. The van der Waals surface area contributed by atoms with Gasteiger partial charge in [-0.3, -0.25) is 0 Å². The zero-order valence-corrected chi connectivity index (χ0v) is 22.7. The van der Waals surface area contributed by atoms with Gasteiger partial charge in [-0.1, -0.05) is 82.9 Å². The summed E-state index contributed by atoms with van der Waals surface area (Å²) in [7, 11) is 0. The minimum Gasteiger partial charge on any atom is -0.309 e. The van der Waals surface area contributed by atoms with Gasteiger partial charge in [-0.05, 0) is 115 Å². The first kappa shape index (κ1) is 23.0. The molecule has 0 radical (unpaired) electrons. The summed E-state index contributed by atoms with van der Waals surface area (Å²) < 4.78 is 0. The SMILES string of the molecule is Cc1cc(C)cc(-c2ccc3c4c2CNCc2c(-c5cc(C)cc(C)c5)ccc5c2[C@@]4(CCC3)CC5)c1. The molecule has 1 heterocycles. The Labute approximate surface area is 222 Å². The molecule has 0 saturated carbocycles. The van der Waals surface area contributed by atoms with Crippen molar-refractivity contribution in [2.24, 2.45) is 0 Å². The van der Waals surface area contributed by atoms with Crippen molar-refractivity contribution in [1.82, 2.24) is 5.32 Å². The van der Waals surface area contributed by atoms with Gasteiger partial charge in [0.15, 0.2) is 0 Å². The van der Waals surface area contributed by atoms with Crippen LogP contribution in [0, 0.1) is 27.7 Å². The van der Waals surface area contributed by atoms with E-state index in [2.05, 4.69) is 93.7 Å². The van der Waals surface area contributed by atoms with Gasteiger partial charge in [0.25, 0.3) is 0 Å². The number of rotatable bonds is 2. The number of hydrogen-bond donors (Lipinski definition) is 1. The first-order chi connectivity index (χ1) is 17.9. The topological polar surface area (TPSA) is 12.0 Å². The van der Waals surface area contributed by atoms with Crippen LogP contribution >= 0.6 is 0 Å². The van der Waals surface area contributed by atoms with Gasteiger partial charge in [-0.25, -0.2) is 0 Å². The maximum atomic E-state index is 3.95. The van der Waals surface area contributed by atoms with Gasteiger partial charge in [0.2, 0.25) is 0 Å². The van der Waals surface area contributed by atoms with Crippen molar-refractivity contribution in [2.45, 2.75) is 78.3 Å². The molecular formula is C36H37N. The van der Waals surface area contributed by atoms with Crippen molar-refractivity contribution in [3.63, 3.8) is 0 Å². The highest BCUT2D eigenvalue weighted by atomic mass is 14.9. The van der Waals surface area contributed by atoms with Gasteiger partial charge in [0.1, 0.15) is 0 Å². The highest BCUT2D eigenvalue weighted by molar-refractivity contribution is 5.77. The first-order valence-corrected chi connectivity index (χ1v) is 14.1. The standard InChI is InChI=1S/C36H37N/c1-22-14-23(2)17-28(16-22)30-9-7-26-6-5-12-36-13-11-27-8-10-31(29-18-24(3)15-25(4)19-29)33(35(27)36)21-37-20-32(30)34(26)36/h7-10,14-19,37H,5-6,11-13,20-21H2,1-4H3/t36-/m0/s1. The molecule has 1 spiro atoms. The van der Waals surface area contributed by atoms with E-state index in [1.165, 1.54) is 76.6 Å². The summed E-state index contributed by atoms with van der Waals surface area (Å²) in [4.78, 5) is 0. The monoisotopic (exact) mass is 483 g/mol. The average Bonchev–Trinajstić information content (AvgIpc) is 3.20. The third kappa shape index (κ3) is 3.55. The number of benzene rings is 4. The maximum absolute atomic E-state index is 3.95. The second-order valence-electron chi connectivity index (χ2n) is 12.0. The van der Waals surface area contributed by atoms with Crippen LogP contribution in [0.3, 0.4) is 0 Å². The molecule has 1 heteroatoms. The average molecular weight is 484 g/mol. The van der Waals surface area contributed by atoms with Gasteiger partial charge in [0, 0.05) is 18.5 Å². The smallest absolute Gasteiger partial charge is 0.0218 e. The van der Waals surface area contributed by atoms with E-state index in [1.54, 1.807) is 33.4 Å². The Bertz CT molecular complexity index is 1530. The Balaban J connectivity index is 1.50. The molecule has 4 aromatic rings. The van der Waals surface area contributed by atoms with Crippen LogP contribution in [-0.2, 0) is 31.3 Å². The normalized spacial score (nSPS) is 19.7. The lowest BCUT2D eigenvalue weighted by Crippen LogP contribution is -2.36. The van der Waals surface area contributed by atoms with E-state index in [0.717, 1.165) is 13.1 Å². The van der Waals surface area contributed by atoms with Gasteiger partial charge in [-0.2, -0.15) is 0 Å². The Hall–Kier alpha value is -3.16. The largest absolute Gasteiger partial charge is 0.309 e. The molecule has 0 aromatic heterocycles. The first-order valence-electron chi connectivity index (χ1n) is 14.1. The summed E-state index contributed by atoms with van der Waals surface area (Å²) in [6, 6.07) is 23.9. The van der Waals surface area contributed by atoms with Gasteiger partial charge in [0.05, 0.1) is 0 Å². The molecule has 3 aliphatic rings. The Morgan fingerprint density at radius 2 is 1.05 bits per heavy atom. The van der Waals surface area contributed by atoms with Crippen molar-refractivity contribution >= 4 is 0 Å². The maximum Gasteiger partial charge on any atom is 0.0218 e. The molecule has 0 amide bonds. The van der Waals surface area contributed by atoms with Crippen LogP contribution < -0.4 is 5.32 Å². The molecule has 7 rings (SSSR count). The predicted molar refractivity (Wildman–Crippen MR) is 155 cm³/mol. The van der Waals surface area contributed by atoms with Crippen molar-refractivity contribution < 1.29 is 0 Å². The fourth-order valence-electron chi connectivity index (χ4n) is 8.16. The summed E-state index contributed by atoms with van der Waals surface area (Å²) in [6.07, 6.45) is 6.22. The van der Waals surface area contributed by atoms with Crippen LogP contribution in [0.1, 0.15) is 74.9 Å². The summed E-state index contributed by atoms with van der Waals surface area (Å²) in [6.45, 7) is 10.8. The zero-order valence-electron chi connectivity index (χ0n) is 22.7. The fourth-order valence-corrected chi connectivity index (χ4v) is 8.16. The summed E-state index contributed by atoms with van der Waals surface area (Å²) in [5, 5.41) is 3.95. The molecule has 37 heavy (non-hydrogen) atoms. The fraction of sp³-hybridized carbons (Fsp3) is 0.333. The van der Waals surface area contributed by atoms with E-state index in [0.29, 0.717) is 0 Å². The molecular weight excluding hydrogens is 446 g/mol. The quantitative estimate of drug-likeness (QED) is 0.302. The molecule has 4 aromatic carbocycles. The lowest BCUT2D eigenvalue weighted by Gasteiger charge is -2.42. The number of hydrogen-bond acceptors (Lipinski definition) is 1. The van der Waals surface area contributed by atoms with E-state index in [4.69, 9.17) is 0 Å². The van der Waals surface area contributed by atoms with Crippen LogP contribution in [0.4, 0.5) is 0 Å².